The highest BCUT2D eigenvalue weighted by molar-refractivity contribution is 6.08. The van der Waals surface area contributed by atoms with Crippen molar-refractivity contribution in [2.24, 2.45) is 0 Å². The van der Waals surface area contributed by atoms with E-state index in [0.717, 1.165) is 43.2 Å². The van der Waals surface area contributed by atoms with Gasteiger partial charge in [-0.25, -0.2) is 4.52 Å². The van der Waals surface area contributed by atoms with Gasteiger partial charge in [-0.15, -0.1) is 0 Å². The van der Waals surface area contributed by atoms with Crippen LogP contribution in [0.15, 0.2) is 48.8 Å². The van der Waals surface area contributed by atoms with Crippen LogP contribution in [0.5, 0.6) is 0 Å². The molecular weight excluding hydrogens is 336 g/mol. The van der Waals surface area contributed by atoms with Gasteiger partial charge in [0, 0.05) is 31.0 Å². The Labute approximate surface area is 159 Å². The van der Waals surface area contributed by atoms with Crippen LogP contribution in [-0.4, -0.2) is 39.6 Å². The van der Waals surface area contributed by atoms with Gasteiger partial charge in [0.2, 0.25) is 0 Å². The summed E-state index contributed by atoms with van der Waals surface area (Å²) in [5.74, 6) is -0.110. The molecule has 1 N–H and O–H groups in total. The number of amides is 1. The standard InChI is InChI=1S/C22H24N4O/c27-22(20-15-23-26-11-2-1-6-21(20)26)24-18-8-7-16-9-12-25(19-4-3-5-19)13-10-17(16)14-18/h1-2,6-8,11,14-15,19H,3-5,9-10,12-13H2,(H,24,27). The second-order valence-corrected chi connectivity index (χ2v) is 7.65. The van der Waals surface area contributed by atoms with Gasteiger partial charge in [-0.2, -0.15) is 5.10 Å². The minimum absolute atomic E-state index is 0.110. The Bertz CT molecular complexity index is 989. The highest BCUT2D eigenvalue weighted by atomic mass is 16.1. The molecule has 1 aromatic carbocycles. The number of nitrogens with zero attached hydrogens (tertiary/aromatic N) is 3. The highest BCUT2D eigenvalue weighted by Gasteiger charge is 2.26. The molecule has 5 nitrogen and oxygen atoms in total. The molecule has 3 aromatic rings. The number of aromatic nitrogens is 2. The monoisotopic (exact) mass is 360 g/mol. The molecule has 1 fully saturated rings. The molecule has 138 valence electrons. The number of carbonyl (C=O) groups excluding carboxylic acids is 1. The summed E-state index contributed by atoms with van der Waals surface area (Å²) >= 11 is 0. The average molecular weight is 360 g/mol. The van der Waals surface area contributed by atoms with Crippen molar-refractivity contribution in [2.75, 3.05) is 18.4 Å². The van der Waals surface area contributed by atoms with E-state index in [4.69, 9.17) is 0 Å². The lowest BCUT2D eigenvalue weighted by atomic mass is 9.91. The zero-order valence-electron chi connectivity index (χ0n) is 15.4. The van der Waals surface area contributed by atoms with Crippen LogP contribution in [0.1, 0.15) is 40.7 Å². The zero-order chi connectivity index (χ0) is 18.2. The zero-order valence-corrected chi connectivity index (χ0v) is 15.4. The van der Waals surface area contributed by atoms with E-state index >= 15 is 0 Å². The van der Waals surface area contributed by atoms with Gasteiger partial charge >= 0.3 is 0 Å². The van der Waals surface area contributed by atoms with Crippen molar-refractivity contribution in [2.45, 2.75) is 38.1 Å². The summed E-state index contributed by atoms with van der Waals surface area (Å²) in [5, 5.41) is 7.31. The summed E-state index contributed by atoms with van der Waals surface area (Å²) in [6.45, 7) is 2.29. The molecule has 1 amide bonds. The third-order valence-corrected chi connectivity index (χ3v) is 6.06. The van der Waals surface area contributed by atoms with Gasteiger partial charge in [0.05, 0.1) is 17.3 Å². The second-order valence-electron chi connectivity index (χ2n) is 7.65. The molecule has 1 aliphatic carbocycles. The number of hydrogen-bond acceptors (Lipinski definition) is 3. The van der Waals surface area contributed by atoms with Crippen molar-refractivity contribution in [1.82, 2.24) is 14.5 Å². The van der Waals surface area contributed by atoms with Crippen LogP contribution in [0.2, 0.25) is 0 Å². The summed E-state index contributed by atoms with van der Waals surface area (Å²) in [5.41, 5.74) is 5.08. The molecule has 2 aliphatic rings. The number of carbonyl (C=O) groups is 1. The maximum absolute atomic E-state index is 12.7. The first-order chi connectivity index (χ1) is 13.3. The fourth-order valence-electron chi connectivity index (χ4n) is 4.25. The lowest BCUT2D eigenvalue weighted by Gasteiger charge is -2.36. The molecule has 2 aromatic heterocycles. The van der Waals surface area contributed by atoms with E-state index in [0.29, 0.717) is 5.56 Å². The van der Waals surface area contributed by atoms with Crippen molar-refractivity contribution >= 4 is 17.1 Å². The number of rotatable bonds is 3. The van der Waals surface area contributed by atoms with Crippen LogP contribution < -0.4 is 5.32 Å². The van der Waals surface area contributed by atoms with E-state index in [1.165, 1.54) is 30.4 Å². The molecule has 0 radical (unpaired) electrons. The molecule has 3 heterocycles. The van der Waals surface area contributed by atoms with Crippen LogP contribution in [0.3, 0.4) is 0 Å². The Hall–Kier alpha value is -2.66. The Morgan fingerprint density at radius 2 is 1.93 bits per heavy atom. The van der Waals surface area contributed by atoms with Crippen molar-refractivity contribution in [3.63, 3.8) is 0 Å². The van der Waals surface area contributed by atoms with Crippen LogP contribution in [0, 0.1) is 0 Å². The van der Waals surface area contributed by atoms with E-state index in [1.54, 1.807) is 10.7 Å². The average Bonchev–Trinajstić information content (AvgIpc) is 2.97. The molecule has 0 spiro atoms. The summed E-state index contributed by atoms with van der Waals surface area (Å²) in [6.07, 6.45) is 9.75. The minimum atomic E-state index is -0.110. The number of benzene rings is 1. The van der Waals surface area contributed by atoms with Crippen LogP contribution in [0.25, 0.3) is 5.52 Å². The van der Waals surface area contributed by atoms with Crippen LogP contribution in [0.4, 0.5) is 5.69 Å². The molecule has 1 saturated carbocycles. The molecule has 27 heavy (non-hydrogen) atoms. The largest absolute Gasteiger partial charge is 0.322 e. The lowest BCUT2D eigenvalue weighted by Crippen LogP contribution is -2.41. The number of nitrogens with one attached hydrogen (secondary N) is 1. The molecule has 1 aliphatic heterocycles. The van der Waals surface area contributed by atoms with Gasteiger partial charge in [-0.3, -0.25) is 9.69 Å². The van der Waals surface area contributed by atoms with Crippen LogP contribution >= 0.6 is 0 Å². The van der Waals surface area contributed by atoms with Crippen molar-refractivity contribution in [3.05, 3.63) is 65.5 Å². The maximum Gasteiger partial charge on any atom is 0.259 e. The number of pyridine rings is 1. The third-order valence-electron chi connectivity index (χ3n) is 6.06. The van der Waals surface area contributed by atoms with E-state index < -0.39 is 0 Å². The molecule has 0 unspecified atom stereocenters. The van der Waals surface area contributed by atoms with E-state index in [1.807, 2.05) is 30.5 Å². The van der Waals surface area contributed by atoms with Gasteiger partial charge in [0.25, 0.3) is 5.91 Å². The molecule has 5 rings (SSSR count). The highest BCUT2D eigenvalue weighted by Crippen LogP contribution is 2.28. The van der Waals surface area contributed by atoms with E-state index in [2.05, 4.69) is 27.4 Å². The van der Waals surface area contributed by atoms with Crippen LogP contribution in [-0.2, 0) is 12.8 Å². The van der Waals surface area contributed by atoms with Crippen molar-refractivity contribution < 1.29 is 4.79 Å². The molecular formula is C22H24N4O. The second kappa shape index (κ2) is 6.82. The molecule has 5 heteroatoms. The lowest BCUT2D eigenvalue weighted by molar-refractivity contribution is 0.102. The van der Waals surface area contributed by atoms with Crippen molar-refractivity contribution in [1.29, 1.82) is 0 Å². The Morgan fingerprint density at radius 3 is 2.74 bits per heavy atom. The summed E-state index contributed by atoms with van der Waals surface area (Å²) < 4.78 is 1.72. The Morgan fingerprint density at radius 1 is 1.07 bits per heavy atom. The quantitative estimate of drug-likeness (QED) is 0.777. The first-order valence-electron chi connectivity index (χ1n) is 9.87. The summed E-state index contributed by atoms with van der Waals surface area (Å²) in [4.78, 5) is 15.4. The van der Waals surface area contributed by atoms with Gasteiger partial charge < -0.3 is 5.32 Å². The third kappa shape index (κ3) is 3.12. The fraction of sp³-hybridized carbons (Fsp3) is 0.364. The summed E-state index contributed by atoms with van der Waals surface area (Å²) in [6, 6.07) is 12.9. The molecule has 0 saturated heterocycles. The molecule has 0 atom stereocenters. The van der Waals surface area contributed by atoms with E-state index in [-0.39, 0.29) is 5.91 Å². The topological polar surface area (TPSA) is 49.6 Å². The SMILES string of the molecule is O=C(Nc1ccc2c(c1)CCN(C1CCC1)CC2)c1cnn2ccccc12. The minimum Gasteiger partial charge on any atom is -0.322 e. The summed E-state index contributed by atoms with van der Waals surface area (Å²) in [7, 11) is 0. The first kappa shape index (κ1) is 16.5. The number of fused-ring (bicyclic) bond motifs is 2. The smallest absolute Gasteiger partial charge is 0.259 e. The number of anilines is 1. The van der Waals surface area contributed by atoms with Crippen molar-refractivity contribution in [3.8, 4) is 0 Å². The number of hydrogen-bond donors (Lipinski definition) is 1. The predicted molar refractivity (Wildman–Crippen MR) is 106 cm³/mol. The normalized spacial score (nSPS) is 17.9. The maximum atomic E-state index is 12.7. The first-order valence-corrected chi connectivity index (χ1v) is 9.87. The molecule has 0 bridgehead atoms. The predicted octanol–water partition coefficient (Wildman–Crippen LogP) is 3.54. The van der Waals surface area contributed by atoms with E-state index in [9.17, 15) is 4.79 Å². The van der Waals surface area contributed by atoms with Gasteiger partial charge in [0.15, 0.2) is 0 Å². The van der Waals surface area contributed by atoms with Gasteiger partial charge in [-0.05, 0) is 61.1 Å². The van der Waals surface area contributed by atoms with Gasteiger partial charge in [0.1, 0.15) is 0 Å². The Balaban J connectivity index is 1.33. The Kier molecular flexibility index (Phi) is 4.17. The van der Waals surface area contributed by atoms with Gasteiger partial charge in [-0.1, -0.05) is 18.6 Å². The fourth-order valence-corrected chi connectivity index (χ4v) is 4.25.